The third kappa shape index (κ3) is 1.90. The van der Waals surface area contributed by atoms with Crippen LogP contribution in [0.15, 0.2) is 23.9 Å². The van der Waals surface area contributed by atoms with E-state index in [0.29, 0.717) is 5.57 Å². The van der Waals surface area contributed by atoms with Crippen molar-refractivity contribution in [1.29, 1.82) is 5.41 Å². The highest BCUT2D eigenvalue weighted by Crippen LogP contribution is 2.38. The molecule has 0 atom stereocenters. The summed E-state index contributed by atoms with van der Waals surface area (Å²) in [6, 6.07) is 3.95. The smallest absolute Gasteiger partial charge is 0.262 e. The highest BCUT2D eigenvalue weighted by molar-refractivity contribution is 6.26. The van der Waals surface area contributed by atoms with Crippen LogP contribution in [0, 0.1) is 5.41 Å². The summed E-state index contributed by atoms with van der Waals surface area (Å²) in [5.41, 5.74) is 2.17. The summed E-state index contributed by atoms with van der Waals surface area (Å²) in [5.74, 6) is -0.0685. The Kier molecular flexibility index (Phi) is 2.98. The fourth-order valence-corrected chi connectivity index (χ4v) is 2.96. The van der Waals surface area contributed by atoms with Crippen LogP contribution in [-0.2, 0) is 4.79 Å². The van der Waals surface area contributed by atoms with Crippen LogP contribution >= 0.6 is 0 Å². The molecule has 5 nitrogen and oxygen atoms in total. The van der Waals surface area contributed by atoms with Gasteiger partial charge in [-0.2, -0.15) is 0 Å². The van der Waals surface area contributed by atoms with Gasteiger partial charge in [0.25, 0.3) is 5.91 Å². The first-order chi connectivity index (χ1) is 9.22. The molecule has 1 aliphatic heterocycles. The third-order valence-electron chi connectivity index (χ3n) is 3.97. The second kappa shape index (κ2) is 4.66. The molecule has 5 heteroatoms. The minimum Gasteiger partial charge on any atom is -0.393 e. The molecule has 2 aliphatic rings. The van der Waals surface area contributed by atoms with E-state index in [-0.39, 0.29) is 18.1 Å². The molecule has 1 aromatic heterocycles. The van der Waals surface area contributed by atoms with Crippen molar-refractivity contribution in [3.63, 3.8) is 0 Å². The number of nitrogens with one attached hydrogen (secondary N) is 2. The van der Waals surface area contributed by atoms with Crippen LogP contribution in [0.5, 0.6) is 0 Å². The zero-order chi connectivity index (χ0) is 13.4. The lowest BCUT2D eigenvalue weighted by Crippen LogP contribution is -2.49. The highest BCUT2D eigenvalue weighted by atomic mass is 16.3. The second-order valence-corrected chi connectivity index (χ2v) is 5.13. The zero-order valence-corrected chi connectivity index (χ0v) is 10.6. The van der Waals surface area contributed by atoms with Gasteiger partial charge >= 0.3 is 0 Å². The molecule has 0 saturated heterocycles. The number of amides is 1. The van der Waals surface area contributed by atoms with Crippen molar-refractivity contribution in [2.45, 2.75) is 37.8 Å². The number of aromatic nitrogens is 1. The lowest BCUT2D eigenvalue weighted by molar-refractivity contribution is -0.128. The molecule has 100 valence electrons. The van der Waals surface area contributed by atoms with Crippen LogP contribution in [0.1, 0.15) is 31.4 Å². The summed E-state index contributed by atoms with van der Waals surface area (Å²) in [4.78, 5) is 17.0. The van der Waals surface area contributed by atoms with Gasteiger partial charge in [-0.05, 0) is 37.8 Å². The number of aromatic amines is 1. The van der Waals surface area contributed by atoms with Crippen LogP contribution in [0.25, 0.3) is 5.70 Å². The number of carbonyl (C=O) groups is 1. The maximum Gasteiger partial charge on any atom is 0.262 e. The Morgan fingerprint density at radius 3 is 2.68 bits per heavy atom. The van der Waals surface area contributed by atoms with Gasteiger partial charge in [-0.15, -0.1) is 0 Å². The average molecular weight is 259 g/mol. The molecule has 3 rings (SSSR count). The molecular weight excluding hydrogens is 242 g/mol. The van der Waals surface area contributed by atoms with Crippen molar-refractivity contribution in [2.75, 3.05) is 0 Å². The lowest BCUT2D eigenvalue weighted by atomic mass is 9.88. The minimum absolute atomic E-state index is 0.0685. The number of hydrogen-bond acceptors (Lipinski definition) is 3. The Morgan fingerprint density at radius 1 is 1.37 bits per heavy atom. The van der Waals surface area contributed by atoms with Gasteiger partial charge in [0.1, 0.15) is 0 Å². The van der Waals surface area contributed by atoms with Gasteiger partial charge in [-0.3, -0.25) is 4.79 Å². The number of nitrogens with zero attached hydrogens (tertiary/aromatic N) is 1. The van der Waals surface area contributed by atoms with E-state index < -0.39 is 0 Å². The molecular formula is C14H17N3O2. The number of carbonyl (C=O) groups excluding carboxylic acids is 1. The fourth-order valence-electron chi connectivity index (χ4n) is 2.96. The van der Waals surface area contributed by atoms with E-state index in [4.69, 9.17) is 5.41 Å². The molecule has 1 aliphatic carbocycles. The zero-order valence-electron chi connectivity index (χ0n) is 10.6. The predicted molar refractivity (Wildman–Crippen MR) is 71.6 cm³/mol. The Labute approximate surface area is 111 Å². The van der Waals surface area contributed by atoms with Gasteiger partial charge in [0, 0.05) is 18.5 Å². The molecule has 0 unspecified atom stereocenters. The fraction of sp³-hybridized carbons (Fsp3) is 0.429. The van der Waals surface area contributed by atoms with Crippen molar-refractivity contribution < 1.29 is 9.90 Å². The van der Waals surface area contributed by atoms with Crippen LogP contribution in [0.3, 0.4) is 0 Å². The summed E-state index contributed by atoms with van der Waals surface area (Å²) in [6.45, 7) is 0. The number of aliphatic hydroxyl groups is 1. The predicted octanol–water partition coefficient (Wildman–Crippen LogP) is 1.52. The van der Waals surface area contributed by atoms with Gasteiger partial charge in [-0.25, -0.2) is 0 Å². The van der Waals surface area contributed by atoms with Crippen LogP contribution in [-0.4, -0.2) is 39.3 Å². The van der Waals surface area contributed by atoms with E-state index in [1.165, 1.54) is 0 Å². The van der Waals surface area contributed by atoms with Crippen molar-refractivity contribution >= 4 is 17.8 Å². The molecule has 0 spiro atoms. The van der Waals surface area contributed by atoms with Crippen molar-refractivity contribution in [3.05, 3.63) is 29.6 Å². The Bertz CT molecular complexity index is 525. The molecule has 19 heavy (non-hydrogen) atoms. The quantitative estimate of drug-likeness (QED) is 0.719. The number of H-pyrrole nitrogens is 1. The molecule has 1 amide bonds. The summed E-state index contributed by atoms with van der Waals surface area (Å²) in [5, 5.41) is 16.9. The summed E-state index contributed by atoms with van der Waals surface area (Å²) >= 11 is 0. The van der Waals surface area contributed by atoms with Gasteiger partial charge in [0.05, 0.1) is 23.1 Å². The van der Waals surface area contributed by atoms with Crippen molar-refractivity contribution in [2.24, 2.45) is 0 Å². The molecule has 1 aromatic rings. The van der Waals surface area contributed by atoms with E-state index in [0.717, 1.165) is 43.3 Å². The maximum absolute atomic E-state index is 12.1. The molecule has 0 bridgehead atoms. The monoisotopic (exact) mass is 259 g/mol. The Morgan fingerprint density at radius 2 is 2.11 bits per heavy atom. The van der Waals surface area contributed by atoms with E-state index >= 15 is 0 Å². The minimum atomic E-state index is -0.229. The largest absolute Gasteiger partial charge is 0.393 e. The molecule has 1 saturated carbocycles. The third-order valence-corrected chi connectivity index (χ3v) is 3.97. The second-order valence-electron chi connectivity index (χ2n) is 5.13. The average Bonchev–Trinajstić information content (AvgIpc) is 2.92. The SMILES string of the molecule is N=CC1=C(c2ccc[nH]2)N(C2CCC(O)CC2)C1=O. The molecule has 1 fully saturated rings. The van der Waals surface area contributed by atoms with Crippen molar-refractivity contribution in [1.82, 2.24) is 9.88 Å². The topological polar surface area (TPSA) is 80.2 Å². The summed E-state index contributed by atoms with van der Waals surface area (Å²) < 4.78 is 0. The highest BCUT2D eigenvalue weighted by Gasteiger charge is 2.41. The summed E-state index contributed by atoms with van der Waals surface area (Å²) in [6.07, 6.45) is 5.85. The molecule has 0 aromatic carbocycles. The Balaban J connectivity index is 1.88. The number of rotatable bonds is 3. The van der Waals surface area contributed by atoms with E-state index in [1.54, 1.807) is 4.90 Å². The van der Waals surface area contributed by atoms with Crippen molar-refractivity contribution in [3.8, 4) is 0 Å². The standard InChI is InChI=1S/C14H17N3O2/c15-8-11-13(12-2-1-7-16-12)17(14(11)19)9-3-5-10(18)6-4-9/h1-2,7-10,15-16,18H,3-6H2. The number of aliphatic hydroxyl groups excluding tert-OH is 1. The normalized spacial score (nSPS) is 27.4. The summed E-state index contributed by atoms with van der Waals surface area (Å²) in [7, 11) is 0. The number of hydrogen-bond donors (Lipinski definition) is 3. The van der Waals surface area contributed by atoms with E-state index in [2.05, 4.69) is 4.98 Å². The first-order valence-electron chi connectivity index (χ1n) is 6.62. The van der Waals surface area contributed by atoms with Crippen LogP contribution in [0.2, 0.25) is 0 Å². The first kappa shape index (κ1) is 12.2. The van der Waals surface area contributed by atoms with E-state index in [1.807, 2.05) is 18.3 Å². The van der Waals surface area contributed by atoms with Crippen LogP contribution in [0.4, 0.5) is 0 Å². The van der Waals surface area contributed by atoms with Crippen LogP contribution < -0.4 is 0 Å². The maximum atomic E-state index is 12.1. The van der Waals surface area contributed by atoms with Gasteiger partial charge < -0.3 is 20.4 Å². The van der Waals surface area contributed by atoms with E-state index in [9.17, 15) is 9.90 Å². The lowest BCUT2D eigenvalue weighted by Gasteiger charge is -2.42. The molecule has 3 N–H and O–H groups in total. The molecule has 0 radical (unpaired) electrons. The van der Waals surface area contributed by atoms with Gasteiger partial charge in [-0.1, -0.05) is 0 Å². The first-order valence-corrected chi connectivity index (χ1v) is 6.62. The Hall–Kier alpha value is -1.88. The van der Waals surface area contributed by atoms with Gasteiger partial charge in [0.2, 0.25) is 0 Å². The van der Waals surface area contributed by atoms with Gasteiger partial charge in [0.15, 0.2) is 0 Å². The molecule has 2 heterocycles.